The molecule has 1 aliphatic rings. The highest BCUT2D eigenvalue weighted by Crippen LogP contribution is 2.23. The number of amides is 2. The van der Waals surface area contributed by atoms with Crippen LogP contribution in [0, 0.1) is 6.92 Å². The van der Waals surface area contributed by atoms with Gasteiger partial charge in [-0.05, 0) is 50.3 Å². The predicted molar refractivity (Wildman–Crippen MR) is 83.2 cm³/mol. The first-order chi connectivity index (χ1) is 9.47. The van der Waals surface area contributed by atoms with E-state index in [0.717, 1.165) is 36.9 Å². The third-order valence-corrected chi connectivity index (χ3v) is 4.44. The van der Waals surface area contributed by atoms with Crippen LogP contribution in [-0.4, -0.2) is 30.1 Å². The van der Waals surface area contributed by atoms with E-state index in [9.17, 15) is 4.79 Å². The van der Waals surface area contributed by atoms with Crippen molar-refractivity contribution in [1.82, 2.24) is 4.90 Å². The number of aryl methyl sites for hydroxylation is 1. The Morgan fingerprint density at radius 3 is 2.60 bits per heavy atom. The summed E-state index contributed by atoms with van der Waals surface area (Å²) in [7, 11) is 1.84. The molecule has 0 aromatic heterocycles. The zero-order valence-electron chi connectivity index (χ0n) is 12.0. The van der Waals surface area contributed by atoms with Crippen molar-refractivity contribution in [3.8, 4) is 0 Å². The summed E-state index contributed by atoms with van der Waals surface area (Å²) >= 11 is 6.06. The fourth-order valence-corrected chi connectivity index (χ4v) is 2.72. The van der Waals surface area contributed by atoms with Crippen LogP contribution >= 0.6 is 11.6 Å². The van der Waals surface area contributed by atoms with Crippen molar-refractivity contribution in [1.29, 1.82) is 0 Å². The quantitative estimate of drug-likeness (QED) is 0.879. The average molecular weight is 296 g/mol. The van der Waals surface area contributed by atoms with E-state index in [1.165, 1.54) is 0 Å². The van der Waals surface area contributed by atoms with Crippen molar-refractivity contribution >= 4 is 23.3 Å². The van der Waals surface area contributed by atoms with Crippen LogP contribution in [0.25, 0.3) is 0 Å². The van der Waals surface area contributed by atoms with Gasteiger partial charge in [0.05, 0.1) is 0 Å². The molecule has 0 spiro atoms. The van der Waals surface area contributed by atoms with Gasteiger partial charge in [0.15, 0.2) is 0 Å². The van der Waals surface area contributed by atoms with Crippen LogP contribution in [0.5, 0.6) is 0 Å². The molecule has 1 aromatic carbocycles. The summed E-state index contributed by atoms with van der Waals surface area (Å²) in [6.45, 7) is 1.94. The molecule has 0 atom stereocenters. The number of anilines is 1. The minimum atomic E-state index is -0.0922. The zero-order valence-corrected chi connectivity index (χ0v) is 12.8. The van der Waals surface area contributed by atoms with Gasteiger partial charge >= 0.3 is 6.03 Å². The second-order valence-corrected chi connectivity index (χ2v) is 5.98. The summed E-state index contributed by atoms with van der Waals surface area (Å²) in [5, 5.41) is 3.55. The number of urea groups is 1. The first-order valence-corrected chi connectivity index (χ1v) is 7.40. The lowest BCUT2D eigenvalue weighted by Gasteiger charge is -2.33. The smallest absolute Gasteiger partial charge is 0.321 e. The summed E-state index contributed by atoms with van der Waals surface area (Å²) < 4.78 is 0. The maximum absolute atomic E-state index is 12.2. The molecule has 1 saturated carbocycles. The third-order valence-electron chi connectivity index (χ3n) is 4.03. The van der Waals surface area contributed by atoms with Gasteiger partial charge in [0.2, 0.25) is 0 Å². The highest BCUT2D eigenvalue weighted by Gasteiger charge is 2.25. The number of halogens is 1. The molecule has 3 N–H and O–H groups in total. The van der Waals surface area contributed by atoms with Crippen LogP contribution in [0.15, 0.2) is 18.2 Å². The summed E-state index contributed by atoms with van der Waals surface area (Å²) in [6.07, 6.45) is 3.91. The van der Waals surface area contributed by atoms with Crippen LogP contribution in [0.2, 0.25) is 5.02 Å². The van der Waals surface area contributed by atoms with E-state index < -0.39 is 0 Å². The normalized spacial score (nSPS) is 22.4. The molecule has 0 heterocycles. The number of rotatable bonds is 2. The maximum atomic E-state index is 12.2. The van der Waals surface area contributed by atoms with E-state index in [1.54, 1.807) is 11.0 Å². The number of hydrogen-bond donors (Lipinski definition) is 2. The van der Waals surface area contributed by atoms with Gasteiger partial charge in [-0.15, -0.1) is 0 Å². The van der Waals surface area contributed by atoms with Crippen molar-refractivity contribution in [3.05, 3.63) is 28.8 Å². The SMILES string of the molecule is Cc1ccc(NC(=O)N(C)C2CCC(N)CC2)cc1Cl. The number of carbonyl (C=O) groups is 1. The molecule has 0 saturated heterocycles. The monoisotopic (exact) mass is 295 g/mol. The van der Waals surface area contributed by atoms with Gasteiger partial charge < -0.3 is 16.0 Å². The Labute approximate surface area is 125 Å². The Kier molecular flexibility index (Phi) is 4.89. The fraction of sp³-hybridized carbons (Fsp3) is 0.533. The molecule has 0 aliphatic heterocycles. The van der Waals surface area contributed by atoms with Gasteiger partial charge in [-0.2, -0.15) is 0 Å². The van der Waals surface area contributed by atoms with Crippen molar-refractivity contribution in [2.24, 2.45) is 5.73 Å². The van der Waals surface area contributed by atoms with Gasteiger partial charge in [0, 0.05) is 29.8 Å². The number of nitrogens with one attached hydrogen (secondary N) is 1. The lowest BCUT2D eigenvalue weighted by molar-refractivity contribution is 0.182. The summed E-state index contributed by atoms with van der Waals surface area (Å²) in [5.74, 6) is 0. The highest BCUT2D eigenvalue weighted by atomic mass is 35.5. The van der Waals surface area contributed by atoms with Gasteiger partial charge in [-0.3, -0.25) is 0 Å². The molecule has 20 heavy (non-hydrogen) atoms. The van der Waals surface area contributed by atoms with Crippen LogP contribution in [0.3, 0.4) is 0 Å². The Balaban J connectivity index is 1.95. The van der Waals surface area contributed by atoms with Crippen LogP contribution in [0.1, 0.15) is 31.2 Å². The molecule has 0 bridgehead atoms. The van der Waals surface area contributed by atoms with Gasteiger partial charge in [0.25, 0.3) is 0 Å². The topological polar surface area (TPSA) is 58.4 Å². The predicted octanol–water partition coefficient (Wildman–Crippen LogP) is 3.38. The number of benzene rings is 1. The number of nitrogens with zero attached hydrogens (tertiary/aromatic N) is 1. The second-order valence-electron chi connectivity index (χ2n) is 5.57. The minimum absolute atomic E-state index is 0.0922. The Bertz CT molecular complexity index is 484. The lowest BCUT2D eigenvalue weighted by atomic mass is 9.91. The summed E-state index contributed by atoms with van der Waals surface area (Å²) in [6, 6.07) is 6.01. The van der Waals surface area contributed by atoms with Crippen molar-refractivity contribution in [2.45, 2.75) is 44.7 Å². The number of nitrogens with two attached hydrogens (primary N) is 1. The summed E-state index contributed by atoms with van der Waals surface area (Å²) in [5.41, 5.74) is 7.62. The van der Waals surface area contributed by atoms with E-state index in [-0.39, 0.29) is 12.1 Å². The highest BCUT2D eigenvalue weighted by molar-refractivity contribution is 6.31. The molecule has 2 rings (SSSR count). The first kappa shape index (κ1) is 15.1. The minimum Gasteiger partial charge on any atom is -0.328 e. The molecule has 1 fully saturated rings. The Hall–Kier alpha value is -1.26. The van der Waals surface area contributed by atoms with Gasteiger partial charge in [0.1, 0.15) is 0 Å². The molecule has 5 heteroatoms. The van der Waals surface area contributed by atoms with Crippen LogP contribution in [0.4, 0.5) is 10.5 Å². The Morgan fingerprint density at radius 2 is 2.00 bits per heavy atom. The van der Waals surface area contributed by atoms with E-state index in [4.69, 9.17) is 17.3 Å². The van der Waals surface area contributed by atoms with Crippen molar-refractivity contribution < 1.29 is 4.79 Å². The lowest BCUT2D eigenvalue weighted by Crippen LogP contribution is -2.43. The maximum Gasteiger partial charge on any atom is 0.321 e. The average Bonchev–Trinajstić information content (AvgIpc) is 2.43. The molecule has 4 nitrogen and oxygen atoms in total. The van der Waals surface area contributed by atoms with Crippen molar-refractivity contribution in [3.63, 3.8) is 0 Å². The molecule has 1 aliphatic carbocycles. The van der Waals surface area contributed by atoms with Gasteiger partial charge in [-0.1, -0.05) is 17.7 Å². The van der Waals surface area contributed by atoms with Crippen LogP contribution in [-0.2, 0) is 0 Å². The molecular formula is C15H22ClN3O. The third kappa shape index (κ3) is 3.64. The largest absolute Gasteiger partial charge is 0.328 e. The fourth-order valence-electron chi connectivity index (χ4n) is 2.54. The Morgan fingerprint density at radius 1 is 1.35 bits per heavy atom. The van der Waals surface area contributed by atoms with Crippen molar-refractivity contribution in [2.75, 3.05) is 12.4 Å². The standard InChI is InChI=1S/C15H22ClN3O/c1-10-3-6-12(9-14(10)16)18-15(20)19(2)13-7-4-11(17)5-8-13/h3,6,9,11,13H,4-5,7-8,17H2,1-2H3,(H,18,20). The molecule has 0 unspecified atom stereocenters. The molecular weight excluding hydrogens is 274 g/mol. The number of carbonyl (C=O) groups excluding carboxylic acids is 1. The van der Waals surface area contributed by atoms with E-state index in [1.807, 2.05) is 26.1 Å². The van der Waals surface area contributed by atoms with E-state index >= 15 is 0 Å². The molecule has 0 radical (unpaired) electrons. The first-order valence-electron chi connectivity index (χ1n) is 7.03. The molecule has 1 aromatic rings. The molecule has 110 valence electrons. The summed E-state index contributed by atoms with van der Waals surface area (Å²) in [4.78, 5) is 14.0. The number of hydrogen-bond acceptors (Lipinski definition) is 2. The van der Waals surface area contributed by atoms with Crippen LogP contribution < -0.4 is 11.1 Å². The zero-order chi connectivity index (χ0) is 14.7. The van der Waals surface area contributed by atoms with E-state index in [2.05, 4.69) is 5.32 Å². The van der Waals surface area contributed by atoms with E-state index in [0.29, 0.717) is 11.1 Å². The molecule has 2 amide bonds. The second kappa shape index (κ2) is 6.46. The van der Waals surface area contributed by atoms with Gasteiger partial charge in [-0.25, -0.2) is 4.79 Å².